The number of anilines is 1. The summed E-state index contributed by atoms with van der Waals surface area (Å²) in [4.78, 5) is 2.58. The van der Waals surface area contributed by atoms with Crippen molar-refractivity contribution < 1.29 is 9.84 Å². The molecule has 150 valence electrons. The summed E-state index contributed by atoms with van der Waals surface area (Å²) in [6.45, 7) is 5.72. The van der Waals surface area contributed by atoms with Crippen molar-refractivity contribution in [1.82, 2.24) is 4.90 Å². The highest BCUT2D eigenvalue weighted by molar-refractivity contribution is 5.56. The Kier molecular flexibility index (Phi) is 6.18. The molecule has 2 atom stereocenters. The topological polar surface area (TPSA) is 44.7 Å². The van der Waals surface area contributed by atoms with Crippen molar-refractivity contribution in [3.8, 4) is 5.75 Å². The van der Waals surface area contributed by atoms with Crippen LogP contribution >= 0.6 is 0 Å². The summed E-state index contributed by atoms with van der Waals surface area (Å²) in [5.41, 5.74) is 3.72. The molecule has 4 rings (SSSR count). The molecule has 0 radical (unpaired) electrons. The predicted octanol–water partition coefficient (Wildman–Crippen LogP) is 4.40. The van der Waals surface area contributed by atoms with Gasteiger partial charge in [-0.05, 0) is 73.9 Å². The fourth-order valence-electron chi connectivity index (χ4n) is 4.30. The Bertz CT molecular complexity index is 756. The van der Waals surface area contributed by atoms with Crippen LogP contribution in [0.2, 0.25) is 0 Å². The van der Waals surface area contributed by atoms with Crippen molar-refractivity contribution in [2.24, 2.45) is 0 Å². The molecule has 0 saturated carbocycles. The Hall–Kier alpha value is -2.04. The zero-order chi connectivity index (χ0) is 19.3. The molecule has 2 aliphatic rings. The van der Waals surface area contributed by atoms with E-state index in [1.165, 1.54) is 17.5 Å². The number of aryl methyl sites for hydroxylation is 1. The molecule has 2 N–H and O–H groups in total. The van der Waals surface area contributed by atoms with Gasteiger partial charge in [0.15, 0.2) is 0 Å². The van der Waals surface area contributed by atoms with Crippen molar-refractivity contribution in [2.75, 3.05) is 25.0 Å². The van der Waals surface area contributed by atoms with Crippen LogP contribution in [-0.2, 0) is 6.42 Å². The number of piperidine rings is 1. The average Bonchev–Trinajstić information content (AvgIpc) is 2.74. The lowest BCUT2D eigenvalue weighted by atomic mass is 9.97. The number of aliphatic hydroxyl groups is 1. The number of fused-ring (bicyclic) bond motifs is 1. The maximum atomic E-state index is 9.71. The van der Waals surface area contributed by atoms with Crippen molar-refractivity contribution in [3.05, 3.63) is 59.7 Å². The molecule has 28 heavy (non-hydrogen) atoms. The maximum absolute atomic E-state index is 9.71. The molecule has 2 aromatic carbocycles. The quantitative estimate of drug-likeness (QED) is 0.780. The van der Waals surface area contributed by atoms with E-state index in [2.05, 4.69) is 53.5 Å². The zero-order valence-corrected chi connectivity index (χ0v) is 16.8. The highest BCUT2D eigenvalue weighted by Gasteiger charge is 2.22. The van der Waals surface area contributed by atoms with Crippen molar-refractivity contribution >= 4 is 5.69 Å². The molecule has 0 bridgehead atoms. The van der Waals surface area contributed by atoms with E-state index in [9.17, 15) is 5.11 Å². The van der Waals surface area contributed by atoms with Gasteiger partial charge in [0.25, 0.3) is 0 Å². The van der Waals surface area contributed by atoms with E-state index in [4.69, 9.17) is 4.74 Å². The van der Waals surface area contributed by atoms with Crippen molar-refractivity contribution in [1.29, 1.82) is 0 Å². The molecule has 0 spiro atoms. The first kappa shape index (κ1) is 19.3. The van der Waals surface area contributed by atoms with Crippen molar-refractivity contribution in [2.45, 2.75) is 57.3 Å². The fourth-order valence-corrected chi connectivity index (χ4v) is 4.30. The van der Waals surface area contributed by atoms with Gasteiger partial charge in [-0.2, -0.15) is 0 Å². The van der Waals surface area contributed by atoms with Crippen LogP contribution in [0.25, 0.3) is 0 Å². The van der Waals surface area contributed by atoms with Gasteiger partial charge in [-0.15, -0.1) is 0 Å². The Labute approximate surface area is 168 Å². The Morgan fingerprint density at radius 2 is 1.89 bits per heavy atom. The molecule has 0 aliphatic carbocycles. The van der Waals surface area contributed by atoms with Gasteiger partial charge in [-0.3, -0.25) is 0 Å². The molecule has 2 aliphatic heterocycles. The second-order valence-electron chi connectivity index (χ2n) is 8.28. The number of aliphatic hydroxyl groups excluding tert-OH is 1. The van der Waals surface area contributed by atoms with Gasteiger partial charge < -0.3 is 20.1 Å². The summed E-state index contributed by atoms with van der Waals surface area (Å²) in [6.07, 6.45) is 4.94. The smallest absolute Gasteiger partial charge is 0.124 e. The number of likely N-dealkylation sites (tertiary alicyclic amines) is 1. The van der Waals surface area contributed by atoms with Gasteiger partial charge in [-0.1, -0.05) is 37.3 Å². The van der Waals surface area contributed by atoms with E-state index in [-0.39, 0.29) is 0 Å². The standard InChI is InChI=1S/C24H32N2O2/c1-18(19-5-3-2-4-6-19)11-14-26-15-12-21(13-16-26)28-22-8-9-23-20(17-22)7-10-24(27)25-23/h2-6,8-9,17-18,21,24-25,27H,7,10-16H2,1H3. The van der Waals surface area contributed by atoms with E-state index in [1.54, 1.807) is 0 Å². The van der Waals surface area contributed by atoms with Gasteiger partial charge in [0.1, 0.15) is 18.1 Å². The number of hydrogen-bond acceptors (Lipinski definition) is 4. The van der Waals surface area contributed by atoms with Gasteiger partial charge >= 0.3 is 0 Å². The van der Waals surface area contributed by atoms with Crippen LogP contribution in [0.15, 0.2) is 48.5 Å². The van der Waals surface area contributed by atoms with Crippen LogP contribution in [0.3, 0.4) is 0 Å². The summed E-state index contributed by atoms with van der Waals surface area (Å²) >= 11 is 0. The highest BCUT2D eigenvalue weighted by Crippen LogP contribution is 2.29. The molecule has 2 aromatic rings. The number of nitrogens with zero attached hydrogens (tertiary/aromatic N) is 1. The normalized spacial score (nSPS) is 21.6. The van der Waals surface area contributed by atoms with E-state index in [0.29, 0.717) is 12.0 Å². The van der Waals surface area contributed by atoms with Gasteiger partial charge in [0, 0.05) is 18.8 Å². The third kappa shape index (κ3) is 4.86. The molecule has 4 nitrogen and oxygen atoms in total. The van der Waals surface area contributed by atoms with E-state index in [0.717, 1.165) is 56.8 Å². The number of nitrogens with one attached hydrogen (secondary N) is 1. The molecule has 1 fully saturated rings. The summed E-state index contributed by atoms with van der Waals surface area (Å²) in [7, 11) is 0. The number of rotatable bonds is 6. The first-order valence-corrected chi connectivity index (χ1v) is 10.7. The van der Waals surface area contributed by atoms with Crippen LogP contribution in [0.1, 0.15) is 49.7 Å². The SMILES string of the molecule is CC(CCN1CCC(Oc2ccc3c(c2)CCC(O)N3)CC1)c1ccccc1. The largest absolute Gasteiger partial charge is 0.490 e. The number of hydrogen-bond donors (Lipinski definition) is 2. The molecule has 2 unspecified atom stereocenters. The van der Waals surface area contributed by atoms with Gasteiger partial charge in [-0.25, -0.2) is 0 Å². The summed E-state index contributed by atoms with van der Waals surface area (Å²) in [5, 5.41) is 12.8. The van der Waals surface area contributed by atoms with E-state index >= 15 is 0 Å². The average molecular weight is 381 g/mol. The second kappa shape index (κ2) is 8.97. The minimum atomic E-state index is -0.423. The Morgan fingerprint density at radius 3 is 2.68 bits per heavy atom. The monoisotopic (exact) mass is 380 g/mol. The van der Waals surface area contributed by atoms with E-state index in [1.807, 2.05) is 12.1 Å². The van der Waals surface area contributed by atoms with Crippen LogP contribution in [0, 0.1) is 0 Å². The second-order valence-corrected chi connectivity index (χ2v) is 8.28. The first-order chi connectivity index (χ1) is 13.7. The van der Waals surface area contributed by atoms with Crippen LogP contribution in [-0.4, -0.2) is 42.0 Å². The fraction of sp³-hybridized carbons (Fsp3) is 0.500. The Morgan fingerprint density at radius 1 is 1.11 bits per heavy atom. The van der Waals surface area contributed by atoms with Crippen LogP contribution < -0.4 is 10.1 Å². The van der Waals surface area contributed by atoms with E-state index < -0.39 is 6.23 Å². The molecule has 0 aromatic heterocycles. The summed E-state index contributed by atoms with van der Waals surface area (Å²) in [5.74, 6) is 1.57. The Balaban J connectivity index is 1.22. The molecule has 0 amide bonds. The van der Waals surface area contributed by atoms with Crippen molar-refractivity contribution in [3.63, 3.8) is 0 Å². The minimum Gasteiger partial charge on any atom is -0.490 e. The lowest BCUT2D eigenvalue weighted by Gasteiger charge is -2.33. The number of ether oxygens (including phenoxy) is 1. The van der Waals surface area contributed by atoms with Crippen LogP contribution in [0.4, 0.5) is 5.69 Å². The molecule has 4 heteroatoms. The molecular weight excluding hydrogens is 348 g/mol. The van der Waals surface area contributed by atoms with Gasteiger partial charge in [0.05, 0.1) is 0 Å². The highest BCUT2D eigenvalue weighted by atomic mass is 16.5. The summed E-state index contributed by atoms with van der Waals surface area (Å²) < 4.78 is 6.27. The third-order valence-corrected chi connectivity index (χ3v) is 6.17. The first-order valence-electron chi connectivity index (χ1n) is 10.7. The minimum absolute atomic E-state index is 0.308. The third-order valence-electron chi connectivity index (χ3n) is 6.17. The molecular formula is C24H32N2O2. The lowest BCUT2D eigenvalue weighted by Crippen LogP contribution is -2.39. The molecule has 1 saturated heterocycles. The predicted molar refractivity (Wildman–Crippen MR) is 114 cm³/mol. The molecule has 2 heterocycles. The number of benzene rings is 2. The van der Waals surface area contributed by atoms with Crippen LogP contribution in [0.5, 0.6) is 5.75 Å². The summed E-state index contributed by atoms with van der Waals surface area (Å²) in [6, 6.07) is 17.0. The zero-order valence-electron chi connectivity index (χ0n) is 16.8. The van der Waals surface area contributed by atoms with Gasteiger partial charge in [0.2, 0.25) is 0 Å². The lowest BCUT2D eigenvalue weighted by molar-refractivity contribution is 0.0989. The maximum Gasteiger partial charge on any atom is 0.124 e.